The Hall–Kier alpha value is -2.11. The van der Waals surface area contributed by atoms with Gasteiger partial charge in [-0.3, -0.25) is 14.9 Å². The Kier molecular flexibility index (Phi) is 3.42. The first-order chi connectivity index (χ1) is 8.90. The molecule has 1 saturated carbocycles. The standard InChI is InChI=1S/C13H17N3O3/c1-8-5-10(8)7-15(2)13(17)9-3-4-12(16(18)19)11(14)6-9/h3-4,6,8,10H,5,7,14H2,1-2H3. The van der Waals surface area contributed by atoms with Crippen molar-refractivity contribution in [2.45, 2.75) is 13.3 Å². The van der Waals surface area contributed by atoms with Crippen LogP contribution < -0.4 is 5.73 Å². The Morgan fingerprint density at radius 2 is 2.21 bits per heavy atom. The van der Waals surface area contributed by atoms with Gasteiger partial charge in [0.1, 0.15) is 5.69 Å². The Morgan fingerprint density at radius 1 is 1.58 bits per heavy atom. The van der Waals surface area contributed by atoms with Crippen molar-refractivity contribution in [3.63, 3.8) is 0 Å². The zero-order chi connectivity index (χ0) is 14.2. The number of nitro benzene ring substituents is 1. The van der Waals surface area contributed by atoms with Crippen LogP contribution in [0, 0.1) is 22.0 Å². The minimum absolute atomic E-state index is 0.0176. The molecule has 0 heterocycles. The van der Waals surface area contributed by atoms with Crippen molar-refractivity contribution in [2.24, 2.45) is 11.8 Å². The number of carbonyl (C=O) groups excluding carboxylic acids is 1. The van der Waals surface area contributed by atoms with E-state index >= 15 is 0 Å². The van der Waals surface area contributed by atoms with Crippen LogP contribution in [-0.4, -0.2) is 29.3 Å². The number of anilines is 1. The fraction of sp³-hybridized carbons (Fsp3) is 0.462. The average Bonchev–Trinajstić information content (AvgIpc) is 3.03. The SMILES string of the molecule is CC1CC1CN(C)C(=O)c1ccc([N+](=O)[O-])c(N)c1. The van der Waals surface area contributed by atoms with Gasteiger partial charge in [0.25, 0.3) is 11.6 Å². The van der Waals surface area contributed by atoms with Crippen molar-refractivity contribution in [1.29, 1.82) is 0 Å². The monoisotopic (exact) mass is 263 g/mol. The van der Waals surface area contributed by atoms with Gasteiger partial charge in [-0.1, -0.05) is 6.92 Å². The fourth-order valence-corrected chi connectivity index (χ4v) is 2.16. The van der Waals surface area contributed by atoms with E-state index in [0.29, 0.717) is 17.4 Å². The van der Waals surface area contributed by atoms with E-state index in [1.54, 1.807) is 11.9 Å². The second-order valence-electron chi connectivity index (χ2n) is 5.19. The highest BCUT2D eigenvalue weighted by Gasteiger charge is 2.34. The number of hydrogen-bond donors (Lipinski definition) is 1. The molecule has 0 radical (unpaired) electrons. The summed E-state index contributed by atoms with van der Waals surface area (Å²) in [7, 11) is 1.74. The number of rotatable bonds is 4. The summed E-state index contributed by atoms with van der Waals surface area (Å²) < 4.78 is 0. The van der Waals surface area contributed by atoms with Crippen LogP contribution in [0.2, 0.25) is 0 Å². The summed E-state index contributed by atoms with van der Waals surface area (Å²) in [5.74, 6) is 1.10. The largest absolute Gasteiger partial charge is 0.393 e. The van der Waals surface area contributed by atoms with E-state index in [9.17, 15) is 14.9 Å². The zero-order valence-corrected chi connectivity index (χ0v) is 11.0. The molecule has 1 amide bonds. The maximum Gasteiger partial charge on any atom is 0.292 e. The van der Waals surface area contributed by atoms with E-state index in [0.717, 1.165) is 13.0 Å². The van der Waals surface area contributed by atoms with E-state index in [1.165, 1.54) is 18.2 Å². The van der Waals surface area contributed by atoms with Crippen molar-refractivity contribution in [3.8, 4) is 0 Å². The zero-order valence-electron chi connectivity index (χ0n) is 11.0. The van der Waals surface area contributed by atoms with Crippen LogP contribution in [0.3, 0.4) is 0 Å². The van der Waals surface area contributed by atoms with Crippen LogP contribution in [0.5, 0.6) is 0 Å². The van der Waals surface area contributed by atoms with Crippen molar-refractivity contribution < 1.29 is 9.72 Å². The van der Waals surface area contributed by atoms with Gasteiger partial charge in [-0.15, -0.1) is 0 Å². The number of nitrogens with two attached hydrogens (primary N) is 1. The topological polar surface area (TPSA) is 89.5 Å². The van der Waals surface area contributed by atoms with E-state index in [4.69, 9.17) is 5.73 Å². The first-order valence-electron chi connectivity index (χ1n) is 6.19. The van der Waals surface area contributed by atoms with Gasteiger partial charge >= 0.3 is 0 Å². The first-order valence-corrected chi connectivity index (χ1v) is 6.19. The van der Waals surface area contributed by atoms with Gasteiger partial charge in [-0.05, 0) is 30.4 Å². The molecule has 0 spiro atoms. The normalized spacial score (nSPS) is 20.9. The average molecular weight is 263 g/mol. The molecule has 19 heavy (non-hydrogen) atoms. The number of benzene rings is 1. The highest BCUT2D eigenvalue weighted by molar-refractivity contribution is 5.95. The van der Waals surface area contributed by atoms with Crippen molar-refractivity contribution >= 4 is 17.3 Å². The molecule has 2 rings (SSSR count). The summed E-state index contributed by atoms with van der Waals surface area (Å²) in [5.41, 5.74) is 5.82. The molecule has 6 heteroatoms. The van der Waals surface area contributed by atoms with E-state index < -0.39 is 4.92 Å². The number of nitrogen functional groups attached to an aromatic ring is 1. The number of carbonyl (C=O) groups is 1. The molecule has 0 aromatic heterocycles. The van der Waals surface area contributed by atoms with E-state index in [-0.39, 0.29) is 17.3 Å². The molecule has 0 bridgehead atoms. The van der Waals surface area contributed by atoms with Gasteiger partial charge in [0.15, 0.2) is 0 Å². The highest BCUT2D eigenvalue weighted by Crippen LogP contribution is 2.38. The second-order valence-corrected chi connectivity index (χ2v) is 5.19. The molecule has 1 aliphatic carbocycles. The Bertz CT molecular complexity index is 530. The summed E-state index contributed by atoms with van der Waals surface area (Å²) in [6.07, 6.45) is 1.15. The van der Waals surface area contributed by atoms with Crippen LogP contribution in [0.25, 0.3) is 0 Å². The lowest BCUT2D eigenvalue weighted by molar-refractivity contribution is -0.383. The van der Waals surface area contributed by atoms with Crippen LogP contribution in [0.15, 0.2) is 18.2 Å². The third-order valence-electron chi connectivity index (χ3n) is 3.60. The van der Waals surface area contributed by atoms with E-state index in [2.05, 4.69) is 6.92 Å². The third kappa shape index (κ3) is 2.83. The van der Waals surface area contributed by atoms with Gasteiger partial charge in [0.2, 0.25) is 0 Å². The molecule has 102 valence electrons. The van der Waals surface area contributed by atoms with Crippen molar-refractivity contribution in [2.75, 3.05) is 19.3 Å². The maximum atomic E-state index is 12.1. The third-order valence-corrected chi connectivity index (χ3v) is 3.60. The van der Waals surface area contributed by atoms with Crippen molar-refractivity contribution in [3.05, 3.63) is 33.9 Å². The number of nitro groups is 1. The lowest BCUT2D eigenvalue weighted by Gasteiger charge is -2.17. The Balaban J connectivity index is 2.10. The molecule has 1 aromatic carbocycles. The molecular formula is C13H17N3O3. The van der Waals surface area contributed by atoms with Crippen molar-refractivity contribution in [1.82, 2.24) is 4.90 Å². The molecule has 1 aliphatic rings. The van der Waals surface area contributed by atoms with Crippen LogP contribution >= 0.6 is 0 Å². The maximum absolute atomic E-state index is 12.1. The molecule has 1 aromatic rings. The molecule has 0 saturated heterocycles. The number of hydrogen-bond acceptors (Lipinski definition) is 4. The molecule has 2 N–H and O–H groups in total. The van der Waals surface area contributed by atoms with Gasteiger partial charge in [-0.2, -0.15) is 0 Å². The van der Waals surface area contributed by atoms with Crippen LogP contribution in [-0.2, 0) is 0 Å². The molecule has 1 fully saturated rings. The van der Waals surface area contributed by atoms with Gasteiger partial charge in [0, 0.05) is 25.2 Å². The smallest absolute Gasteiger partial charge is 0.292 e. The predicted molar refractivity (Wildman–Crippen MR) is 71.7 cm³/mol. The molecule has 0 aliphatic heterocycles. The summed E-state index contributed by atoms with van der Waals surface area (Å²) in [6, 6.07) is 4.09. The number of nitrogens with zero attached hydrogens (tertiary/aromatic N) is 2. The van der Waals surface area contributed by atoms with E-state index in [1.807, 2.05) is 0 Å². The molecular weight excluding hydrogens is 246 g/mol. The quantitative estimate of drug-likeness (QED) is 0.510. The molecule has 6 nitrogen and oxygen atoms in total. The Labute approximate surface area is 111 Å². The minimum atomic E-state index is -0.556. The lowest BCUT2D eigenvalue weighted by atomic mass is 10.1. The Morgan fingerprint density at radius 3 is 2.68 bits per heavy atom. The van der Waals surface area contributed by atoms with Gasteiger partial charge in [-0.25, -0.2) is 0 Å². The van der Waals surface area contributed by atoms with Crippen LogP contribution in [0.4, 0.5) is 11.4 Å². The summed E-state index contributed by atoms with van der Waals surface area (Å²) >= 11 is 0. The van der Waals surface area contributed by atoms with Gasteiger partial charge in [0.05, 0.1) is 4.92 Å². The fourth-order valence-electron chi connectivity index (χ4n) is 2.16. The number of amides is 1. The predicted octanol–water partition coefficient (Wildman–Crippen LogP) is 1.91. The second kappa shape index (κ2) is 4.87. The molecule has 2 atom stereocenters. The first kappa shape index (κ1) is 13.3. The molecule has 2 unspecified atom stereocenters. The summed E-state index contributed by atoms with van der Waals surface area (Å²) in [5, 5.41) is 10.7. The van der Waals surface area contributed by atoms with Gasteiger partial charge < -0.3 is 10.6 Å². The summed E-state index contributed by atoms with van der Waals surface area (Å²) in [4.78, 5) is 23.9. The summed E-state index contributed by atoms with van der Waals surface area (Å²) in [6.45, 7) is 2.88. The highest BCUT2D eigenvalue weighted by atomic mass is 16.6. The minimum Gasteiger partial charge on any atom is -0.393 e. The van der Waals surface area contributed by atoms with Crippen LogP contribution in [0.1, 0.15) is 23.7 Å². The lowest BCUT2D eigenvalue weighted by Crippen LogP contribution is -2.29.